The van der Waals surface area contributed by atoms with Crippen LogP contribution in [0.5, 0.6) is 0 Å². The number of hydrogen-bond donors (Lipinski definition) is 0. The molecule has 0 atom stereocenters. The molecule has 1 aromatic carbocycles. The Hall–Kier alpha value is -2.23. The van der Waals surface area contributed by atoms with E-state index in [-0.39, 0.29) is 5.82 Å². The first-order chi connectivity index (χ1) is 8.58. The topological polar surface area (TPSA) is 51.7 Å². The summed E-state index contributed by atoms with van der Waals surface area (Å²) in [5.74, 6) is 0.286. The molecule has 0 spiro atoms. The molecule has 0 radical (unpaired) electrons. The molecule has 0 unspecified atom stereocenters. The lowest BCUT2D eigenvalue weighted by Crippen LogP contribution is -2.24. The molecule has 0 aliphatic carbocycles. The molecular formula is C14H15N3O. The second kappa shape index (κ2) is 4.96. The molecule has 2 aromatic rings. The highest BCUT2D eigenvalue weighted by Gasteiger charge is 2.04. The van der Waals surface area contributed by atoms with Crippen molar-refractivity contribution in [2.45, 2.75) is 20.8 Å². The smallest absolute Gasteiger partial charge is 0.353 e. The van der Waals surface area contributed by atoms with Crippen molar-refractivity contribution in [3.05, 3.63) is 58.4 Å². The van der Waals surface area contributed by atoms with Crippen LogP contribution < -0.4 is 4.73 Å². The molecule has 0 aliphatic rings. The molecule has 4 heteroatoms. The van der Waals surface area contributed by atoms with Gasteiger partial charge in [0, 0.05) is 6.07 Å². The quantitative estimate of drug-likeness (QED) is 0.449. The third kappa shape index (κ3) is 2.53. The van der Waals surface area contributed by atoms with Crippen molar-refractivity contribution in [1.29, 1.82) is 0 Å². The van der Waals surface area contributed by atoms with Crippen LogP contribution in [-0.4, -0.2) is 0 Å². The van der Waals surface area contributed by atoms with E-state index in [4.69, 9.17) is 0 Å². The van der Waals surface area contributed by atoms with Crippen molar-refractivity contribution in [2.24, 2.45) is 10.2 Å². The SMILES string of the molecule is Cc1cc(N=Nc2cccc[n+]2[O-])cc(C)c1C. The largest absolute Gasteiger partial charge is 0.710 e. The van der Waals surface area contributed by atoms with Gasteiger partial charge in [-0.1, -0.05) is 6.07 Å². The Morgan fingerprint density at radius 1 is 1.00 bits per heavy atom. The Labute approximate surface area is 106 Å². The lowest BCUT2D eigenvalue weighted by Gasteiger charge is -2.04. The second-order valence-electron chi connectivity index (χ2n) is 4.29. The van der Waals surface area contributed by atoms with E-state index < -0.39 is 0 Å². The average molecular weight is 241 g/mol. The van der Waals surface area contributed by atoms with Gasteiger partial charge >= 0.3 is 5.82 Å². The zero-order valence-electron chi connectivity index (χ0n) is 10.7. The predicted molar refractivity (Wildman–Crippen MR) is 70.2 cm³/mol. The Balaban J connectivity index is 2.33. The molecule has 1 heterocycles. The molecule has 0 N–H and O–H groups in total. The van der Waals surface area contributed by atoms with Crippen molar-refractivity contribution in [1.82, 2.24) is 0 Å². The normalized spacial score (nSPS) is 11.1. The second-order valence-corrected chi connectivity index (χ2v) is 4.29. The van der Waals surface area contributed by atoms with Gasteiger partial charge in [-0.25, -0.2) is 4.73 Å². The van der Waals surface area contributed by atoms with E-state index in [2.05, 4.69) is 17.2 Å². The molecule has 1 aromatic heterocycles. The highest BCUT2D eigenvalue weighted by molar-refractivity contribution is 5.47. The van der Waals surface area contributed by atoms with E-state index >= 15 is 0 Å². The summed E-state index contributed by atoms with van der Waals surface area (Å²) in [6.07, 6.45) is 1.40. The lowest BCUT2D eigenvalue weighted by molar-refractivity contribution is -0.591. The first-order valence-electron chi connectivity index (χ1n) is 5.75. The molecule has 0 bridgehead atoms. The van der Waals surface area contributed by atoms with Gasteiger partial charge in [0.15, 0.2) is 0 Å². The number of benzene rings is 1. The summed E-state index contributed by atoms with van der Waals surface area (Å²) in [5, 5.41) is 19.5. The Morgan fingerprint density at radius 2 is 1.67 bits per heavy atom. The van der Waals surface area contributed by atoms with Crippen LogP contribution >= 0.6 is 0 Å². The van der Waals surface area contributed by atoms with Gasteiger partial charge in [0.1, 0.15) is 5.69 Å². The number of aromatic nitrogens is 1. The number of hydrogen-bond acceptors (Lipinski definition) is 3. The summed E-state index contributed by atoms with van der Waals surface area (Å²) in [4.78, 5) is 0. The van der Waals surface area contributed by atoms with E-state index in [0.717, 1.165) is 5.69 Å². The maximum atomic E-state index is 11.4. The monoisotopic (exact) mass is 241 g/mol. The van der Waals surface area contributed by atoms with E-state index in [1.165, 1.54) is 22.9 Å². The number of pyridine rings is 1. The van der Waals surface area contributed by atoms with Crippen molar-refractivity contribution in [2.75, 3.05) is 0 Å². The summed E-state index contributed by atoms with van der Waals surface area (Å²) < 4.78 is 0.692. The first kappa shape index (κ1) is 12.2. The maximum Gasteiger partial charge on any atom is 0.353 e. The first-order valence-corrected chi connectivity index (χ1v) is 5.75. The van der Waals surface area contributed by atoms with Gasteiger partial charge in [-0.05, 0) is 60.8 Å². The van der Waals surface area contributed by atoms with E-state index in [1.54, 1.807) is 18.2 Å². The van der Waals surface area contributed by atoms with Crippen molar-refractivity contribution < 1.29 is 4.73 Å². The summed E-state index contributed by atoms with van der Waals surface area (Å²) >= 11 is 0. The molecule has 0 saturated heterocycles. The highest BCUT2D eigenvalue weighted by atomic mass is 16.5. The number of aryl methyl sites for hydroxylation is 2. The molecular weight excluding hydrogens is 226 g/mol. The van der Waals surface area contributed by atoms with Crippen LogP contribution in [-0.2, 0) is 0 Å². The van der Waals surface area contributed by atoms with Crippen molar-refractivity contribution in [3.63, 3.8) is 0 Å². The Morgan fingerprint density at radius 3 is 2.28 bits per heavy atom. The molecule has 0 fully saturated rings. The van der Waals surface area contributed by atoms with Gasteiger partial charge < -0.3 is 5.21 Å². The van der Waals surface area contributed by atoms with Crippen molar-refractivity contribution >= 4 is 11.5 Å². The van der Waals surface area contributed by atoms with E-state index in [9.17, 15) is 5.21 Å². The zero-order chi connectivity index (χ0) is 13.1. The number of rotatable bonds is 2. The van der Waals surface area contributed by atoms with E-state index in [0.29, 0.717) is 4.73 Å². The molecule has 0 aliphatic heterocycles. The van der Waals surface area contributed by atoms with Gasteiger partial charge in [0.25, 0.3) is 0 Å². The van der Waals surface area contributed by atoms with Crippen LogP contribution in [0.15, 0.2) is 46.8 Å². The Bertz CT molecular complexity index is 583. The van der Waals surface area contributed by atoms with Crippen LogP contribution in [0.4, 0.5) is 11.5 Å². The van der Waals surface area contributed by atoms with Crippen LogP contribution in [0.2, 0.25) is 0 Å². The average Bonchev–Trinajstić information content (AvgIpc) is 2.35. The van der Waals surface area contributed by atoms with Gasteiger partial charge in [-0.3, -0.25) is 0 Å². The minimum Gasteiger partial charge on any atom is -0.710 e. The summed E-state index contributed by atoms with van der Waals surface area (Å²) in [7, 11) is 0. The lowest BCUT2D eigenvalue weighted by atomic mass is 10.0. The molecule has 0 saturated carbocycles. The van der Waals surface area contributed by atoms with Gasteiger partial charge in [0.05, 0.1) is 11.3 Å². The molecule has 18 heavy (non-hydrogen) atoms. The van der Waals surface area contributed by atoms with Gasteiger partial charge in [-0.2, -0.15) is 0 Å². The van der Waals surface area contributed by atoms with Gasteiger partial charge in [-0.15, -0.1) is 0 Å². The third-order valence-corrected chi connectivity index (χ3v) is 2.98. The van der Waals surface area contributed by atoms with Crippen molar-refractivity contribution in [3.8, 4) is 0 Å². The number of azo groups is 1. The summed E-state index contributed by atoms with van der Waals surface area (Å²) in [6, 6.07) is 8.97. The summed E-state index contributed by atoms with van der Waals surface area (Å²) in [5.41, 5.74) is 4.37. The Kier molecular flexibility index (Phi) is 3.37. The fourth-order valence-corrected chi connectivity index (χ4v) is 1.68. The third-order valence-electron chi connectivity index (χ3n) is 2.98. The van der Waals surface area contributed by atoms with Crippen LogP contribution in [0.25, 0.3) is 0 Å². The van der Waals surface area contributed by atoms with Gasteiger partial charge in [0.2, 0.25) is 0 Å². The molecule has 92 valence electrons. The minimum absolute atomic E-state index is 0.286. The number of nitrogens with zero attached hydrogens (tertiary/aromatic N) is 3. The van der Waals surface area contributed by atoms with E-state index in [1.807, 2.05) is 26.0 Å². The summed E-state index contributed by atoms with van der Waals surface area (Å²) in [6.45, 7) is 6.16. The fraction of sp³-hybridized carbons (Fsp3) is 0.214. The predicted octanol–water partition coefficient (Wildman–Crippen LogP) is 3.66. The van der Waals surface area contributed by atoms with Crippen LogP contribution in [0, 0.1) is 26.0 Å². The standard InChI is InChI=1S/C14H15N3O/c1-10-8-13(9-11(2)12(10)3)15-16-14-6-4-5-7-17(14)18/h4-9H,1-3H3. The molecule has 4 nitrogen and oxygen atoms in total. The highest BCUT2D eigenvalue weighted by Crippen LogP contribution is 2.22. The maximum absolute atomic E-state index is 11.4. The van der Waals surface area contributed by atoms with Crippen LogP contribution in [0.3, 0.4) is 0 Å². The molecule has 0 amide bonds. The zero-order valence-corrected chi connectivity index (χ0v) is 10.7. The van der Waals surface area contributed by atoms with Crippen LogP contribution in [0.1, 0.15) is 16.7 Å². The fourth-order valence-electron chi connectivity index (χ4n) is 1.68. The molecule has 2 rings (SSSR count). The minimum atomic E-state index is 0.286.